The summed E-state index contributed by atoms with van der Waals surface area (Å²) in [4.78, 5) is 11.8. The molecule has 5 heteroatoms. The summed E-state index contributed by atoms with van der Waals surface area (Å²) in [5.74, 6) is 1.30. The summed E-state index contributed by atoms with van der Waals surface area (Å²) in [7, 11) is 0. The topological polar surface area (TPSA) is 59.6 Å². The fourth-order valence-electron chi connectivity index (χ4n) is 2.83. The Labute approximate surface area is 125 Å². The highest BCUT2D eigenvalue weighted by Crippen LogP contribution is 2.26. The molecule has 2 aliphatic rings. The van der Waals surface area contributed by atoms with Gasteiger partial charge in [-0.15, -0.1) is 0 Å². The Balaban J connectivity index is 1.38. The molecule has 5 nitrogen and oxygen atoms in total. The average molecular weight is 290 g/mol. The molecule has 114 valence electrons. The minimum absolute atomic E-state index is 0.121. The summed E-state index contributed by atoms with van der Waals surface area (Å²) < 4.78 is 11.2. The quantitative estimate of drug-likeness (QED) is 0.887. The Bertz CT molecular complexity index is 486. The minimum atomic E-state index is -0.121. The van der Waals surface area contributed by atoms with E-state index in [-0.39, 0.29) is 12.1 Å². The number of rotatable bonds is 4. The second kappa shape index (κ2) is 6.80. The van der Waals surface area contributed by atoms with Gasteiger partial charge in [0.25, 0.3) is 0 Å². The zero-order valence-corrected chi connectivity index (χ0v) is 12.1. The molecule has 0 bridgehead atoms. The first-order chi connectivity index (χ1) is 10.3. The van der Waals surface area contributed by atoms with Crippen molar-refractivity contribution in [3.05, 3.63) is 29.8 Å². The van der Waals surface area contributed by atoms with Crippen molar-refractivity contribution >= 4 is 6.03 Å². The monoisotopic (exact) mass is 290 g/mol. The molecule has 0 unspecified atom stereocenters. The lowest BCUT2D eigenvalue weighted by Crippen LogP contribution is -2.43. The zero-order chi connectivity index (χ0) is 14.5. The van der Waals surface area contributed by atoms with Crippen LogP contribution in [0.2, 0.25) is 0 Å². The van der Waals surface area contributed by atoms with Crippen molar-refractivity contribution in [3.63, 3.8) is 0 Å². The van der Waals surface area contributed by atoms with Gasteiger partial charge in [-0.25, -0.2) is 4.79 Å². The SMILES string of the molecule is O=C(NC[C@@H]1COc2ccccc2C1)NC[C@@H]1CCCO1. The van der Waals surface area contributed by atoms with Crippen molar-refractivity contribution in [2.45, 2.75) is 25.4 Å². The van der Waals surface area contributed by atoms with Gasteiger partial charge in [0.15, 0.2) is 0 Å². The van der Waals surface area contributed by atoms with E-state index < -0.39 is 0 Å². The van der Waals surface area contributed by atoms with Gasteiger partial charge in [-0.2, -0.15) is 0 Å². The van der Waals surface area contributed by atoms with Crippen molar-refractivity contribution in [3.8, 4) is 5.75 Å². The van der Waals surface area contributed by atoms with E-state index in [4.69, 9.17) is 9.47 Å². The van der Waals surface area contributed by atoms with Crippen LogP contribution in [0.5, 0.6) is 5.75 Å². The Hall–Kier alpha value is -1.75. The van der Waals surface area contributed by atoms with Gasteiger partial charge in [-0.3, -0.25) is 0 Å². The maximum atomic E-state index is 11.8. The molecule has 0 spiro atoms. The normalized spacial score (nSPS) is 24.0. The molecule has 2 atom stereocenters. The molecule has 1 fully saturated rings. The van der Waals surface area contributed by atoms with E-state index in [2.05, 4.69) is 16.7 Å². The van der Waals surface area contributed by atoms with Gasteiger partial charge in [-0.05, 0) is 30.9 Å². The number of ether oxygens (including phenoxy) is 2. The number of amides is 2. The molecule has 0 radical (unpaired) electrons. The number of fused-ring (bicyclic) bond motifs is 1. The van der Waals surface area contributed by atoms with E-state index in [0.717, 1.165) is 31.6 Å². The van der Waals surface area contributed by atoms with E-state index in [1.54, 1.807) is 0 Å². The smallest absolute Gasteiger partial charge is 0.314 e. The maximum Gasteiger partial charge on any atom is 0.314 e. The Morgan fingerprint density at radius 1 is 1.24 bits per heavy atom. The highest BCUT2D eigenvalue weighted by atomic mass is 16.5. The van der Waals surface area contributed by atoms with Crippen LogP contribution in [0.4, 0.5) is 4.79 Å². The number of urea groups is 1. The molecular formula is C16H22N2O3. The zero-order valence-electron chi connectivity index (χ0n) is 12.1. The molecule has 3 rings (SSSR count). The van der Waals surface area contributed by atoms with E-state index in [1.165, 1.54) is 5.56 Å². The summed E-state index contributed by atoms with van der Waals surface area (Å²) in [6.07, 6.45) is 3.25. The van der Waals surface area contributed by atoms with Crippen LogP contribution >= 0.6 is 0 Å². The molecule has 21 heavy (non-hydrogen) atoms. The van der Waals surface area contributed by atoms with Crippen LogP contribution < -0.4 is 15.4 Å². The van der Waals surface area contributed by atoms with Crippen LogP contribution in [-0.4, -0.2) is 38.4 Å². The first kappa shape index (κ1) is 14.2. The molecule has 1 saturated heterocycles. The van der Waals surface area contributed by atoms with Gasteiger partial charge in [0.2, 0.25) is 0 Å². The molecule has 0 aromatic heterocycles. The second-order valence-corrected chi connectivity index (χ2v) is 5.71. The van der Waals surface area contributed by atoms with E-state index in [0.29, 0.717) is 25.6 Å². The lowest BCUT2D eigenvalue weighted by Gasteiger charge is -2.25. The van der Waals surface area contributed by atoms with Crippen molar-refractivity contribution in [1.29, 1.82) is 0 Å². The van der Waals surface area contributed by atoms with Crippen LogP contribution in [0.15, 0.2) is 24.3 Å². The van der Waals surface area contributed by atoms with Crippen LogP contribution in [0, 0.1) is 5.92 Å². The third-order valence-corrected chi connectivity index (χ3v) is 4.02. The first-order valence-electron chi connectivity index (χ1n) is 7.65. The van der Waals surface area contributed by atoms with Gasteiger partial charge in [0, 0.05) is 25.6 Å². The van der Waals surface area contributed by atoms with Gasteiger partial charge in [0.1, 0.15) is 5.75 Å². The molecule has 0 saturated carbocycles. The minimum Gasteiger partial charge on any atom is -0.493 e. The van der Waals surface area contributed by atoms with E-state index in [1.807, 2.05) is 18.2 Å². The largest absolute Gasteiger partial charge is 0.493 e. The predicted molar refractivity (Wildman–Crippen MR) is 79.5 cm³/mol. The molecule has 2 heterocycles. The number of nitrogens with one attached hydrogen (secondary N) is 2. The summed E-state index contributed by atoms with van der Waals surface area (Å²) in [5, 5.41) is 5.79. The first-order valence-corrected chi connectivity index (χ1v) is 7.65. The Kier molecular flexibility index (Phi) is 4.60. The lowest BCUT2D eigenvalue weighted by atomic mass is 9.97. The second-order valence-electron chi connectivity index (χ2n) is 5.71. The van der Waals surface area contributed by atoms with Crippen molar-refractivity contribution < 1.29 is 14.3 Å². The third-order valence-electron chi connectivity index (χ3n) is 4.02. The maximum absolute atomic E-state index is 11.8. The van der Waals surface area contributed by atoms with Gasteiger partial charge in [0.05, 0.1) is 12.7 Å². The molecule has 1 aromatic carbocycles. The number of hydrogen-bond donors (Lipinski definition) is 2. The number of benzene rings is 1. The van der Waals surface area contributed by atoms with Crippen molar-refractivity contribution in [2.75, 3.05) is 26.3 Å². The summed E-state index contributed by atoms with van der Waals surface area (Å²) >= 11 is 0. The van der Waals surface area contributed by atoms with Crippen molar-refractivity contribution in [1.82, 2.24) is 10.6 Å². The van der Waals surface area contributed by atoms with Crippen LogP contribution in [0.3, 0.4) is 0 Å². The van der Waals surface area contributed by atoms with Gasteiger partial charge in [-0.1, -0.05) is 18.2 Å². The van der Waals surface area contributed by atoms with Crippen molar-refractivity contribution in [2.24, 2.45) is 5.92 Å². The predicted octanol–water partition coefficient (Wildman–Crippen LogP) is 1.72. The number of carbonyl (C=O) groups is 1. The fourth-order valence-corrected chi connectivity index (χ4v) is 2.83. The standard InChI is InChI=1S/C16H22N2O3/c19-16(18-10-14-5-3-7-20-14)17-9-12-8-13-4-1-2-6-15(13)21-11-12/h1-2,4,6,12,14H,3,5,7-11H2,(H2,17,18,19)/t12-,14+/m1/s1. The van der Waals surface area contributed by atoms with Crippen LogP contribution in [0.25, 0.3) is 0 Å². The molecule has 2 aliphatic heterocycles. The highest BCUT2D eigenvalue weighted by Gasteiger charge is 2.20. The average Bonchev–Trinajstić information content (AvgIpc) is 3.04. The van der Waals surface area contributed by atoms with Crippen LogP contribution in [0.1, 0.15) is 18.4 Å². The fraction of sp³-hybridized carbons (Fsp3) is 0.562. The summed E-state index contributed by atoms with van der Waals surface area (Å²) in [5.41, 5.74) is 1.22. The summed E-state index contributed by atoms with van der Waals surface area (Å²) in [6, 6.07) is 7.96. The molecule has 1 aromatic rings. The van der Waals surface area contributed by atoms with E-state index in [9.17, 15) is 4.79 Å². The molecule has 0 aliphatic carbocycles. The molecular weight excluding hydrogens is 268 g/mol. The van der Waals surface area contributed by atoms with Crippen LogP contribution in [-0.2, 0) is 11.2 Å². The molecule has 2 amide bonds. The number of hydrogen-bond acceptors (Lipinski definition) is 3. The Morgan fingerprint density at radius 3 is 2.95 bits per heavy atom. The third kappa shape index (κ3) is 3.88. The summed E-state index contributed by atoms with van der Waals surface area (Å²) in [6.45, 7) is 2.69. The Morgan fingerprint density at radius 2 is 2.10 bits per heavy atom. The lowest BCUT2D eigenvalue weighted by molar-refractivity contribution is 0.111. The number of carbonyl (C=O) groups excluding carboxylic acids is 1. The van der Waals surface area contributed by atoms with E-state index >= 15 is 0 Å². The molecule has 2 N–H and O–H groups in total. The number of para-hydroxylation sites is 1. The highest BCUT2D eigenvalue weighted by molar-refractivity contribution is 5.73. The van der Waals surface area contributed by atoms with Gasteiger partial charge < -0.3 is 20.1 Å². The van der Waals surface area contributed by atoms with Gasteiger partial charge >= 0.3 is 6.03 Å².